The molecule has 0 heterocycles. The van der Waals surface area contributed by atoms with Crippen LogP contribution in [0.3, 0.4) is 0 Å². The molecule has 1 fully saturated rings. The molecule has 1 aromatic rings. The fourth-order valence-electron chi connectivity index (χ4n) is 2.35. The molecule has 1 saturated carbocycles. The molecular formula is C13H15BrN2. The lowest BCUT2D eigenvalue weighted by Gasteiger charge is -2.32. The summed E-state index contributed by atoms with van der Waals surface area (Å²) in [5.41, 5.74) is 7.94. The van der Waals surface area contributed by atoms with Crippen LogP contribution in [0.25, 0.3) is 0 Å². The van der Waals surface area contributed by atoms with Crippen LogP contribution in [0.4, 0.5) is 0 Å². The highest BCUT2D eigenvalue weighted by molar-refractivity contribution is 9.10. The molecule has 0 aromatic heterocycles. The van der Waals surface area contributed by atoms with Crippen molar-refractivity contribution >= 4 is 15.9 Å². The van der Waals surface area contributed by atoms with Gasteiger partial charge in [-0.15, -0.1) is 0 Å². The first-order valence-corrected chi connectivity index (χ1v) is 6.19. The topological polar surface area (TPSA) is 49.8 Å². The van der Waals surface area contributed by atoms with Gasteiger partial charge in [0.2, 0.25) is 0 Å². The summed E-state index contributed by atoms with van der Waals surface area (Å²) in [6, 6.07) is 7.92. The molecule has 0 radical (unpaired) electrons. The van der Waals surface area contributed by atoms with Gasteiger partial charge in [0.15, 0.2) is 0 Å². The molecule has 0 atom stereocenters. The lowest BCUT2D eigenvalue weighted by Crippen LogP contribution is -2.45. The van der Waals surface area contributed by atoms with Gasteiger partial charge in [-0.1, -0.05) is 15.9 Å². The van der Waals surface area contributed by atoms with E-state index in [1.54, 1.807) is 0 Å². The van der Waals surface area contributed by atoms with E-state index in [4.69, 9.17) is 11.0 Å². The minimum Gasteiger partial charge on any atom is -0.325 e. The first-order chi connectivity index (χ1) is 7.40. The number of hydrogen-bond acceptors (Lipinski definition) is 2. The third-order valence-electron chi connectivity index (χ3n) is 3.59. The zero-order chi connectivity index (χ0) is 12.0. The number of nitrogens with zero attached hydrogens (tertiary/aromatic N) is 1. The Balaban J connectivity index is 2.53. The van der Waals surface area contributed by atoms with Crippen molar-refractivity contribution in [3.05, 3.63) is 33.8 Å². The number of halogens is 1. The second-order valence-corrected chi connectivity index (χ2v) is 5.96. The van der Waals surface area contributed by atoms with Crippen LogP contribution in [-0.2, 0) is 5.41 Å². The maximum atomic E-state index is 8.95. The normalized spacial score (nSPS) is 17.9. The highest BCUT2D eigenvalue weighted by Crippen LogP contribution is 2.56. The molecule has 1 aromatic carbocycles. The smallest absolute Gasteiger partial charge is 0.0991 e. The standard InChI is InChI=1S/C13H15BrN2/c1-12(2,16)13(5-6-13)10-7-9(8-15)3-4-11(10)14/h3-4,7H,5-6,16H2,1-2H3. The zero-order valence-corrected chi connectivity index (χ0v) is 11.1. The van der Waals surface area contributed by atoms with E-state index in [0.29, 0.717) is 5.56 Å². The van der Waals surface area contributed by atoms with Crippen LogP contribution in [0, 0.1) is 11.3 Å². The molecular weight excluding hydrogens is 264 g/mol. The van der Waals surface area contributed by atoms with Gasteiger partial charge in [0.05, 0.1) is 11.6 Å². The molecule has 0 bridgehead atoms. The molecule has 2 rings (SSSR count). The Labute approximate surface area is 105 Å². The van der Waals surface area contributed by atoms with Gasteiger partial charge < -0.3 is 5.73 Å². The van der Waals surface area contributed by atoms with E-state index in [9.17, 15) is 0 Å². The van der Waals surface area contributed by atoms with Crippen LogP contribution >= 0.6 is 15.9 Å². The average molecular weight is 279 g/mol. The largest absolute Gasteiger partial charge is 0.325 e. The number of benzene rings is 1. The second-order valence-electron chi connectivity index (χ2n) is 5.11. The van der Waals surface area contributed by atoms with E-state index in [1.165, 1.54) is 5.56 Å². The summed E-state index contributed by atoms with van der Waals surface area (Å²) in [4.78, 5) is 0. The number of hydrogen-bond donors (Lipinski definition) is 1. The molecule has 0 unspecified atom stereocenters. The first kappa shape index (κ1) is 11.6. The van der Waals surface area contributed by atoms with Crippen molar-refractivity contribution in [2.24, 2.45) is 5.73 Å². The van der Waals surface area contributed by atoms with Gasteiger partial charge in [0.1, 0.15) is 0 Å². The van der Waals surface area contributed by atoms with Gasteiger partial charge in [-0.2, -0.15) is 5.26 Å². The quantitative estimate of drug-likeness (QED) is 0.904. The molecule has 0 aliphatic heterocycles. The maximum absolute atomic E-state index is 8.95. The van der Waals surface area contributed by atoms with Crippen LogP contribution in [0.15, 0.2) is 22.7 Å². The molecule has 2 nitrogen and oxygen atoms in total. The summed E-state index contributed by atoms with van der Waals surface area (Å²) in [7, 11) is 0. The van der Waals surface area contributed by atoms with Crippen molar-refractivity contribution in [2.45, 2.75) is 37.6 Å². The molecule has 0 amide bonds. The second kappa shape index (κ2) is 3.58. The Kier molecular flexibility index (Phi) is 2.60. The van der Waals surface area contributed by atoms with E-state index < -0.39 is 0 Å². The molecule has 0 saturated heterocycles. The monoisotopic (exact) mass is 278 g/mol. The van der Waals surface area contributed by atoms with Crippen molar-refractivity contribution < 1.29 is 0 Å². The minimum atomic E-state index is -0.246. The fourth-order valence-corrected chi connectivity index (χ4v) is 2.97. The van der Waals surface area contributed by atoms with Gasteiger partial charge in [0, 0.05) is 15.4 Å². The summed E-state index contributed by atoms with van der Waals surface area (Å²) in [6.45, 7) is 4.12. The van der Waals surface area contributed by atoms with Gasteiger partial charge in [-0.25, -0.2) is 0 Å². The Bertz CT molecular complexity index is 462. The molecule has 0 spiro atoms. The van der Waals surface area contributed by atoms with Gasteiger partial charge in [0.25, 0.3) is 0 Å². The lowest BCUT2D eigenvalue weighted by molar-refractivity contribution is 0.390. The predicted molar refractivity (Wildman–Crippen MR) is 68.0 cm³/mol. The summed E-state index contributed by atoms with van der Waals surface area (Å²) in [6.07, 6.45) is 2.20. The molecule has 3 heteroatoms. The molecule has 84 valence electrons. The molecule has 1 aliphatic rings. The fraction of sp³-hybridized carbons (Fsp3) is 0.462. The number of nitriles is 1. The predicted octanol–water partition coefficient (Wildman–Crippen LogP) is 3.09. The van der Waals surface area contributed by atoms with E-state index in [-0.39, 0.29) is 11.0 Å². The van der Waals surface area contributed by atoms with Crippen molar-refractivity contribution in [3.8, 4) is 6.07 Å². The Morgan fingerprint density at radius 3 is 2.50 bits per heavy atom. The van der Waals surface area contributed by atoms with Crippen molar-refractivity contribution in [1.82, 2.24) is 0 Å². The zero-order valence-electron chi connectivity index (χ0n) is 9.55. The molecule has 1 aliphatic carbocycles. The average Bonchev–Trinajstić information content (AvgIpc) is 2.98. The highest BCUT2D eigenvalue weighted by Gasteiger charge is 2.54. The Morgan fingerprint density at radius 1 is 1.44 bits per heavy atom. The van der Waals surface area contributed by atoms with Crippen molar-refractivity contribution in [3.63, 3.8) is 0 Å². The summed E-state index contributed by atoms with van der Waals surface area (Å²) in [5.74, 6) is 0. The lowest BCUT2D eigenvalue weighted by atomic mass is 9.79. The van der Waals surface area contributed by atoms with Crippen molar-refractivity contribution in [2.75, 3.05) is 0 Å². The molecule has 16 heavy (non-hydrogen) atoms. The maximum Gasteiger partial charge on any atom is 0.0991 e. The third-order valence-corrected chi connectivity index (χ3v) is 4.29. The van der Waals surface area contributed by atoms with E-state index in [0.717, 1.165) is 17.3 Å². The molecule has 2 N–H and O–H groups in total. The van der Waals surface area contributed by atoms with Crippen LogP contribution in [0.2, 0.25) is 0 Å². The highest BCUT2D eigenvalue weighted by atomic mass is 79.9. The number of nitrogens with two attached hydrogens (primary N) is 1. The Hall–Kier alpha value is -0.850. The van der Waals surface area contributed by atoms with Crippen LogP contribution < -0.4 is 5.73 Å². The van der Waals surface area contributed by atoms with Gasteiger partial charge >= 0.3 is 0 Å². The number of rotatable bonds is 2. The van der Waals surface area contributed by atoms with Gasteiger partial charge in [-0.05, 0) is 50.5 Å². The summed E-state index contributed by atoms with van der Waals surface area (Å²) >= 11 is 3.56. The van der Waals surface area contributed by atoms with Crippen LogP contribution in [-0.4, -0.2) is 5.54 Å². The minimum absolute atomic E-state index is 0.0404. The summed E-state index contributed by atoms with van der Waals surface area (Å²) < 4.78 is 1.06. The summed E-state index contributed by atoms with van der Waals surface area (Å²) in [5, 5.41) is 8.95. The van der Waals surface area contributed by atoms with Crippen LogP contribution in [0.5, 0.6) is 0 Å². The Morgan fingerprint density at radius 2 is 2.06 bits per heavy atom. The third kappa shape index (κ3) is 1.66. The SMILES string of the molecule is CC(C)(N)C1(c2cc(C#N)ccc2Br)CC1. The van der Waals surface area contributed by atoms with E-state index in [1.807, 2.05) is 18.2 Å². The van der Waals surface area contributed by atoms with Gasteiger partial charge in [-0.3, -0.25) is 0 Å². The van der Waals surface area contributed by atoms with E-state index in [2.05, 4.69) is 35.8 Å². The van der Waals surface area contributed by atoms with E-state index >= 15 is 0 Å². The van der Waals surface area contributed by atoms with Crippen LogP contribution in [0.1, 0.15) is 37.8 Å². The van der Waals surface area contributed by atoms with Crippen molar-refractivity contribution in [1.29, 1.82) is 5.26 Å². The first-order valence-electron chi connectivity index (χ1n) is 5.40.